The van der Waals surface area contributed by atoms with Crippen molar-refractivity contribution < 1.29 is 27.3 Å². The van der Waals surface area contributed by atoms with Gasteiger partial charge in [0.2, 0.25) is 11.3 Å². The minimum Gasteiger partial charge on any atom is -0.360 e. The van der Waals surface area contributed by atoms with E-state index < -0.39 is 41.2 Å². The van der Waals surface area contributed by atoms with Crippen LogP contribution in [-0.4, -0.2) is 45.2 Å². The van der Waals surface area contributed by atoms with E-state index in [1.807, 2.05) is 0 Å². The molecule has 1 aromatic carbocycles. The average molecular weight is 449 g/mol. The second-order valence-corrected chi connectivity index (χ2v) is 6.99. The van der Waals surface area contributed by atoms with Crippen LogP contribution in [0.5, 0.6) is 0 Å². The number of carbonyl (C=O) groups excluding carboxylic acids is 2. The predicted molar refractivity (Wildman–Crippen MR) is 106 cm³/mol. The molecule has 2 amide bonds. The number of aromatic nitrogens is 3. The lowest BCUT2D eigenvalue weighted by Gasteiger charge is -2.17. The zero-order chi connectivity index (χ0) is 23.6. The Hall–Kier alpha value is -3.96. The van der Waals surface area contributed by atoms with Crippen molar-refractivity contribution in [3.63, 3.8) is 0 Å². The molecule has 0 radical (unpaired) electrons. The van der Waals surface area contributed by atoms with Gasteiger partial charge >= 0.3 is 6.18 Å². The van der Waals surface area contributed by atoms with Gasteiger partial charge in [0, 0.05) is 24.9 Å². The maximum Gasteiger partial charge on any atom is 0.416 e. The zero-order valence-electron chi connectivity index (χ0n) is 17.2. The van der Waals surface area contributed by atoms with Crippen molar-refractivity contribution in [2.45, 2.75) is 20.0 Å². The van der Waals surface area contributed by atoms with Gasteiger partial charge in [-0.15, -0.1) is 0 Å². The van der Waals surface area contributed by atoms with Crippen molar-refractivity contribution in [2.75, 3.05) is 18.9 Å². The molecule has 168 valence electrons. The number of nitrogens with zero attached hydrogens (tertiary/aromatic N) is 4. The van der Waals surface area contributed by atoms with Crippen molar-refractivity contribution in [3.8, 4) is 5.69 Å². The minimum absolute atomic E-state index is 0.0215. The summed E-state index contributed by atoms with van der Waals surface area (Å²) in [5, 5.41) is 10.0. The fraction of sp³-hybridized carbons (Fsp3) is 0.250. The Balaban J connectivity index is 1.85. The van der Waals surface area contributed by atoms with E-state index >= 15 is 0 Å². The standard InChI is InChI=1S/C20H18F3N5O4/c1-11-7-15(29)18(25-28(11)14-6-4-5-13(9-14)20(21,22)23)19(31)27(3)10-17(30)24-16-8-12(2)32-26-16/h4-9H,10H2,1-3H3,(H,24,26,30). The summed E-state index contributed by atoms with van der Waals surface area (Å²) in [7, 11) is 1.28. The summed E-state index contributed by atoms with van der Waals surface area (Å²) in [5.41, 5.74) is -1.92. The van der Waals surface area contributed by atoms with Crippen molar-refractivity contribution >= 4 is 17.6 Å². The number of amides is 2. The number of nitrogens with one attached hydrogen (secondary N) is 1. The number of rotatable bonds is 5. The fourth-order valence-corrected chi connectivity index (χ4v) is 2.85. The maximum absolute atomic E-state index is 13.1. The first-order valence-corrected chi connectivity index (χ1v) is 9.23. The van der Waals surface area contributed by atoms with Gasteiger partial charge in [0.05, 0.1) is 17.8 Å². The third kappa shape index (κ3) is 5.02. The molecule has 0 saturated heterocycles. The number of halogens is 3. The normalized spacial score (nSPS) is 11.3. The fourth-order valence-electron chi connectivity index (χ4n) is 2.85. The molecule has 0 unspecified atom stereocenters. The number of benzene rings is 1. The quantitative estimate of drug-likeness (QED) is 0.641. The van der Waals surface area contributed by atoms with E-state index in [0.29, 0.717) is 5.76 Å². The molecule has 0 atom stereocenters. The highest BCUT2D eigenvalue weighted by Crippen LogP contribution is 2.30. The SMILES string of the molecule is Cc1cc(NC(=O)CN(C)C(=O)c2nn(-c3cccc(C(F)(F)F)c3)c(C)cc2=O)no1. The van der Waals surface area contributed by atoms with Crippen LogP contribution >= 0.6 is 0 Å². The molecule has 2 heterocycles. The Bertz CT molecular complexity index is 1230. The second kappa shape index (κ2) is 8.65. The Morgan fingerprint density at radius 2 is 1.91 bits per heavy atom. The number of carbonyl (C=O) groups is 2. The lowest BCUT2D eigenvalue weighted by atomic mass is 10.2. The summed E-state index contributed by atoms with van der Waals surface area (Å²) < 4.78 is 45.1. The largest absolute Gasteiger partial charge is 0.416 e. The van der Waals surface area contributed by atoms with E-state index in [-0.39, 0.29) is 17.2 Å². The van der Waals surface area contributed by atoms with Gasteiger partial charge in [-0.3, -0.25) is 14.4 Å². The molecular formula is C20H18F3N5O4. The maximum atomic E-state index is 13.1. The molecular weight excluding hydrogens is 431 g/mol. The topological polar surface area (TPSA) is 110 Å². The number of alkyl halides is 3. The summed E-state index contributed by atoms with van der Waals surface area (Å²) in [6.07, 6.45) is -4.57. The lowest BCUT2D eigenvalue weighted by Crippen LogP contribution is -2.38. The highest BCUT2D eigenvalue weighted by molar-refractivity contribution is 5.97. The summed E-state index contributed by atoms with van der Waals surface area (Å²) in [5.74, 6) is -0.834. The molecule has 1 N–H and O–H groups in total. The number of anilines is 1. The van der Waals surface area contributed by atoms with Crippen LogP contribution in [0.2, 0.25) is 0 Å². The van der Waals surface area contributed by atoms with Crippen LogP contribution in [0.25, 0.3) is 5.69 Å². The Kier molecular flexibility index (Phi) is 6.14. The summed E-state index contributed by atoms with van der Waals surface area (Å²) in [6.45, 7) is 2.68. The van der Waals surface area contributed by atoms with Crippen LogP contribution in [0, 0.1) is 13.8 Å². The van der Waals surface area contributed by atoms with E-state index in [9.17, 15) is 27.6 Å². The molecule has 0 aliphatic rings. The van der Waals surface area contributed by atoms with E-state index in [2.05, 4.69) is 15.6 Å². The summed E-state index contributed by atoms with van der Waals surface area (Å²) >= 11 is 0. The molecule has 3 aromatic rings. The molecule has 0 aliphatic heterocycles. The van der Waals surface area contributed by atoms with Crippen LogP contribution in [0.4, 0.5) is 19.0 Å². The molecule has 0 fully saturated rings. The van der Waals surface area contributed by atoms with Gasteiger partial charge in [0.15, 0.2) is 11.5 Å². The van der Waals surface area contributed by atoms with E-state index in [1.54, 1.807) is 6.92 Å². The van der Waals surface area contributed by atoms with Crippen LogP contribution in [0.3, 0.4) is 0 Å². The molecule has 2 aromatic heterocycles. The van der Waals surface area contributed by atoms with Crippen LogP contribution in [-0.2, 0) is 11.0 Å². The number of aryl methyl sites for hydroxylation is 2. The first-order chi connectivity index (χ1) is 15.0. The van der Waals surface area contributed by atoms with Gasteiger partial charge in [0.1, 0.15) is 5.76 Å². The minimum atomic E-state index is -4.57. The molecule has 0 bridgehead atoms. The highest BCUT2D eigenvalue weighted by Gasteiger charge is 2.31. The summed E-state index contributed by atoms with van der Waals surface area (Å²) in [6, 6.07) is 6.89. The van der Waals surface area contributed by atoms with Crippen LogP contribution < -0.4 is 10.7 Å². The molecule has 9 nitrogen and oxygen atoms in total. The molecule has 0 saturated carbocycles. The van der Waals surface area contributed by atoms with Crippen molar-refractivity contribution in [1.29, 1.82) is 0 Å². The third-order valence-electron chi connectivity index (χ3n) is 4.35. The number of hydrogen-bond acceptors (Lipinski definition) is 6. The van der Waals surface area contributed by atoms with Gasteiger partial charge in [-0.2, -0.15) is 18.3 Å². The average Bonchev–Trinajstić information content (AvgIpc) is 3.11. The predicted octanol–water partition coefficient (Wildman–Crippen LogP) is 2.57. The van der Waals surface area contributed by atoms with Crippen molar-refractivity contribution in [1.82, 2.24) is 19.8 Å². The van der Waals surface area contributed by atoms with Gasteiger partial charge in [-0.05, 0) is 32.0 Å². The zero-order valence-corrected chi connectivity index (χ0v) is 17.2. The van der Waals surface area contributed by atoms with Gasteiger partial charge in [-0.1, -0.05) is 11.2 Å². The molecule has 3 rings (SSSR count). The lowest BCUT2D eigenvalue weighted by molar-refractivity contribution is -0.137. The Labute approximate surface area is 179 Å². The van der Waals surface area contributed by atoms with Crippen molar-refractivity contribution in [3.05, 3.63) is 69.3 Å². The number of hydrogen-bond donors (Lipinski definition) is 1. The number of likely N-dealkylation sites (N-methyl/N-ethyl adjacent to an activating group) is 1. The van der Waals surface area contributed by atoms with Crippen LogP contribution in [0.15, 0.2) is 45.7 Å². The van der Waals surface area contributed by atoms with Gasteiger partial charge in [0.25, 0.3) is 5.91 Å². The monoisotopic (exact) mass is 449 g/mol. The Morgan fingerprint density at radius 3 is 2.53 bits per heavy atom. The first-order valence-electron chi connectivity index (χ1n) is 9.23. The third-order valence-corrected chi connectivity index (χ3v) is 4.35. The first kappa shape index (κ1) is 22.7. The van der Waals surface area contributed by atoms with E-state index in [4.69, 9.17) is 4.52 Å². The highest BCUT2D eigenvalue weighted by atomic mass is 19.4. The molecule has 32 heavy (non-hydrogen) atoms. The summed E-state index contributed by atoms with van der Waals surface area (Å²) in [4.78, 5) is 38.2. The smallest absolute Gasteiger partial charge is 0.360 e. The van der Waals surface area contributed by atoms with Crippen molar-refractivity contribution in [2.24, 2.45) is 0 Å². The Morgan fingerprint density at radius 1 is 1.19 bits per heavy atom. The second-order valence-electron chi connectivity index (χ2n) is 6.99. The van der Waals surface area contributed by atoms with Gasteiger partial charge in [-0.25, -0.2) is 4.68 Å². The molecule has 12 heteroatoms. The molecule has 0 aliphatic carbocycles. The van der Waals surface area contributed by atoms with Gasteiger partial charge < -0.3 is 14.7 Å². The van der Waals surface area contributed by atoms with E-state index in [0.717, 1.165) is 27.8 Å². The molecule has 0 spiro atoms. The van der Waals surface area contributed by atoms with E-state index in [1.165, 1.54) is 32.2 Å². The van der Waals surface area contributed by atoms with Crippen LogP contribution in [0.1, 0.15) is 27.5 Å².